The molecule has 0 spiro atoms. The average molecular weight is 504 g/mol. The van der Waals surface area contributed by atoms with Crippen molar-refractivity contribution in [2.45, 2.75) is 32.1 Å². The van der Waals surface area contributed by atoms with Gasteiger partial charge in [-0.25, -0.2) is 27.9 Å². The van der Waals surface area contributed by atoms with Gasteiger partial charge in [-0.1, -0.05) is 55.5 Å². The van der Waals surface area contributed by atoms with Gasteiger partial charge in [-0.05, 0) is 29.2 Å². The normalized spacial score (nSPS) is 12.0. The molecule has 36 heavy (non-hydrogen) atoms. The van der Waals surface area contributed by atoms with Crippen molar-refractivity contribution in [1.82, 2.24) is 34.5 Å². The first-order valence-electron chi connectivity index (χ1n) is 11.4. The van der Waals surface area contributed by atoms with E-state index < -0.39 is 9.84 Å². The van der Waals surface area contributed by atoms with Crippen molar-refractivity contribution in [3.63, 3.8) is 0 Å². The fourth-order valence-corrected chi connectivity index (χ4v) is 4.79. The summed E-state index contributed by atoms with van der Waals surface area (Å²) in [5, 5.41) is 7.94. The highest BCUT2D eigenvalue weighted by atomic mass is 32.2. The van der Waals surface area contributed by atoms with Crippen molar-refractivity contribution in [3.05, 3.63) is 88.2 Å². The lowest BCUT2D eigenvalue weighted by Crippen LogP contribution is -2.17. The Hall–Kier alpha value is -4.12. The molecule has 0 saturated carbocycles. The molecule has 0 fully saturated rings. The van der Waals surface area contributed by atoms with E-state index in [0.717, 1.165) is 28.6 Å². The number of H-pyrrole nitrogens is 1. The third-order valence-corrected chi connectivity index (χ3v) is 6.65. The van der Waals surface area contributed by atoms with E-state index in [4.69, 9.17) is 4.98 Å². The molecule has 5 aromatic rings. The first kappa shape index (κ1) is 23.6. The second kappa shape index (κ2) is 9.15. The van der Waals surface area contributed by atoms with E-state index in [1.807, 2.05) is 42.5 Å². The van der Waals surface area contributed by atoms with Crippen LogP contribution in [0.2, 0.25) is 0 Å². The SMILES string of the molecule is CC(C)c1ccccc1-c1ncc2[nH]c(=O)n(Cc3ccc(-n4cc(CS(C)(=O)=O)nn4)cc3)c2n1. The van der Waals surface area contributed by atoms with Crippen molar-refractivity contribution in [2.24, 2.45) is 0 Å². The maximum absolute atomic E-state index is 12.7. The Morgan fingerprint density at radius 3 is 2.53 bits per heavy atom. The monoisotopic (exact) mass is 503 g/mol. The molecule has 2 aromatic carbocycles. The van der Waals surface area contributed by atoms with Crippen molar-refractivity contribution in [2.75, 3.05) is 6.26 Å². The number of aromatic amines is 1. The van der Waals surface area contributed by atoms with Crippen LogP contribution in [0.5, 0.6) is 0 Å². The molecule has 0 saturated heterocycles. The number of aromatic nitrogens is 7. The molecule has 3 aromatic heterocycles. The number of sulfone groups is 1. The summed E-state index contributed by atoms with van der Waals surface area (Å²) in [6.07, 6.45) is 4.40. The molecule has 0 aliphatic carbocycles. The number of benzene rings is 2. The first-order valence-corrected chi connectivity index (χ1v) is 13.5. The largest absolute Gasteiger partial charge is 0.328 e. The minimum Gasteiger partial charge on any atom is -0.303 e. The molecular formula is C25H25N7O3S. The van der Waals surface area contributed by atoms with Crippen LogP contribution in [0.1, 0.15) is 36.6 Å². The molecule has 0 amide bonds. The van der Waals surface area contributed by atoms with E-state index in [9.17, 15) is 13.2 Å². The Labute approximate surface area is 207 Å². The van der Waals surface area contributed by atoms with Gasteiger partial charge in [0.1, 0.15) is 5.52 Å². The van der Waals surface area contributed by atoms with E-state index in [1.54, 1.807) is 17.0 Å². The van der Waals surface area contributed by atoms with Crippen molar-refractivity contribution in [1.29, 1.82) is 0 Å². The lowest BCUT2D eigenvalue weighted by Gasteiger charge is -2.11. The van der Waals surface area contributed by atoms with Crippen LogP contribution in [0, 0.1) is 0 Å². The van der Waals surface area contributed by atoms with Gasteiger partial charge in [-0.3, -0.25) is 4.57 Å². The van der Waals surface area contributed by atoms with Crippen molar-refractivity contribution >= 4 is 21.0 Å². The number of nitrogens with zero attached hydrogens (tertiary/aromatic N) is 6. The van der Waals surface area contributed by atoms with E-state index in [1.165, 1.54) is 4.68 Å². The Kier molecular flexibility index (Phi) is 6.00. The summed E-state index contributed by atoms with van der Waals surface area (Å²) in [6.45, 7) is 4.57. The van der Waals surface area contributed by atoms with Crippen molar-refractivity contribution < 1.29 is 8.42 Å². The predicted molar refractivity (Wildman–Crippen MR) is 137 cm³/mol. The average Bonchev–Trinajstić information content (AvgIpc) is 3.42. The minimum atomic E-state index is -3.19. The predicted octanol–water partition coefficient (Wildman–Crippen LogP) is 3.08. The van der Waals surface area contributed by atoms with Gasteiger partial charge in [-0.2, -0.15) is 0 Å². The van der Waals surface area contributed by atoms with Crippen LogP contribution >= 0.6 is 0 Å². The van der Waals surface area contributed by atoms with E-state index >= 15 is 0 Å². The van der Waals surface area contributed by atoms with Crippen LogP contribution in [0.15, 0.2) is 65.7 Å². The second-order valence-electron chi connectivity index (χ2n) is 9.08. The smallest absolute Gasteiger partial charge is 0.303 e. The highest BCUT2D eigenvalue weighted by Crippen LogP contribution is 2.27. The summed E-state index contributed by atoms with van der Waals surface area (Å²) >= 11 is 0. The van der Waals surface area contributed by atoms with Crippen LogP contribution in [-0.4, -0.2) is 49.2 Å². The van der Waals surface area contributed by atoms with Crippen LogP contribution in [0.4, 0.5) is 0 Å². The number of rotatable bonds is 7. The molecule has 0 bridgehead atoms. The summed E-state index contributed by atoms with van der Waals surface area (Å²) in [4.78, 5) is 24.8. The summed E-state index contributed by atoms with van der Waals surface area (Å²) in [7, 11) is -3.19. The van der Waals surface area contributed by atoms with Gasteiger partial charge in [0.2, 0.25) is 0 Å². The first-order chi connectivity index (χ1) is 17.2. The molecule has 11 heteroatoms. The van der Waals surface area contributed by atoms with E-state index in [0.29, 0.717) is 35.1 Å². The van der Waals surface area contributed by atoms with Crippen LogP contribution < -0.4 is 5.69 Å². The quantitative estimate of drug-likeness (QED) is 0.361. The van der Waals surface area contributed by atoms with Crippen LogP contribution in [0.25, 0.3) is 28.2 Å². The number of fused-ring (bicyclic) bond motifs is 1. The lowest BCUT2D eigenvalue weighted by molar-refractivity contribution is 0.600. The molecule has 0 radical (unpaired) electrons. The fraction of sp³-hybridized carbons (Fsp3) is 0.240. The lowest BCUT2D eigenvalue weighted by atomic mass is 9.97. The Balaban J connectivity index is 1.44. The van der Waals surface area contributed by atoms with Crippen molar-refractivity contribution in [3.8, 4) is 17.1 Å². The molecule has 10 nitrogen and oxygen atoms in total. The topological polar surface area (TPSA) is 128 Å². The number of nitrogens with one attached hydrogen (secondary N) is 1. The molecule has 5 rings (SSSR count). The zero-order chi connectivity index (χ0) is 25.4. The molecule has 0 unspecified atom stereocenters. The third kappa shape index (κ3) is 4.82. The highest BCUT2D eigenvalue weighted by Gasteiger charge is 2.15. The molecule has 3 heterocycles. The Bertz CT molecular complexity index is 1710. The highest BCUT2D eigenvalue weighted by molar-refractivity contribution is 7.89. The summed E-state index contributed by atoms with van der Waals surface area (Å²) in [6, 6.07) is 15.5. The molecule has 0 atom stereocenters. The van der Waals surface area contributed by atoms with E-state index in [-0.39, 0.29) is 11.4 Å². The molecule has 0 aliphatic heterocycles. The van der Waals surface area contributed by atoms with Gasteiger partial charge in [-0.15, -0.1) is 5.10 Å². The maximum Gasteiger partial charge on any atom is 0.328 e. The van der Waals surface area contributed by atoms with Gasteiger partial charge >= 0.3 is 5.69 Å². The summed E-state index contributed by atoms with van der Waals surface area (Å²) < 4.78 is 26.1. The standard InChI is InChI=1S/C25H25N7O3S/c1-16(2)20-6-4-5-7-21(20)23-26-12-22-24(28-23)31(25(33)27-22)13-17-8-10-19(11-9-17)32-14-18(29-30-32)15-36(3,34)35/h4-12,14,16H,13,15H2,1-3H3,(H,27,33). The maximum atomic E-state index is 12.7. The zero-order valence-electron chi connectivity index (χ0n) is 20.1. The molecule has 184 valence electrons. The fourth-order valence-electron chi connectivity index (χ4n) is 4.12. The Morgan fingerprint density at radius 1 is 1.06 bits per heavy atom. The zero-order valence-corrected chi connectivity index (χ0v) is 20.9. The summed E-state index contributed by atoms with van der Waals surface area (Å²) in [5.41, 5.74) is 4.93. The van der Waals surface area contributed by atoms with Gasteiger partial charge in [0, 0.05) is 11.8 Å². The minimum absolute atomic E-state index is 0.167. The Morgan fingerprint density at radius 2 is 1.81 bits per heavy atom. The molecule has 1 N–H and O–H groups in total. The van der Waals surface area contributed by atoms with Gasteiger partial charge in [0.15, 0.2) is 21.3 Å². The van der Waals surface area contributed by atoms with Gasteiger partial charge in [0.25, 0.3) is 0 Å². The number of imidazole rings is 1. The number of hydrogen-bond donors (Lipinski definition) is 1. The molecular weight excluding hydrogens is 478 g/mol. The van der Waals surface area contributed by atoms with Crippen LogP contribution in [-0.2, 0) is 22.1 Å². The third-order valence-electron chi connectivity index (χ3n) is 5.83. The molecule has 0 aliphatic rings. The summed E-state index contributed by atoms with van der Waals surface area (Å²) in [5.74, 6) is 0.714. The van der Waals surface area contributed by atoms with E-state index in [2.05, 4.69) is 40.2 Å². The number of hydrogen-bond acceptors (Lipinski definition) is 7. The second-order valence-corrected chi connectivity index (χ2v) is 11.2. The van der Waals surface area contributed by atoms with Gasteiger partial charge in [0.05, 0.1) is 36.1 Å². The van der Waals surface area contributed by atoms with Gasteiger partial charge < -0.3 is 4.98 Å². The van der Waals surface area contributed by atoms with Crippen LogP contribution in [0.3, 0.4) is 0 Å².